The van der Waals surface area contributed by atoms with Gasteiger partial charge in [-0.05, 0) is 61.4 Å². The molecule has 0 aliphatic heterocycles. The van der Waals surface area contributed by atoms with Gasteiger partial charge in [-0.25, -0.2) is 0 Å². The SMILES string of the molecule is C[C@H](c1cccc([N+](=O)[O-])c1)N(C)C(=O)c1ccc2c(c1)CCCC2. The van der Waals surface area contributed by atoms with Crippen molar-refractivity contribution in [2.75, 3.05) is 7.05 Å². The molecule has 1 aliphatic carbocycles. The summed E-state index contributed by atoms with van der Waals surface area (Å²) in [5.74, 6) is -0.0626. The summed E-state index contributed by atoms with van der Waals surface area (Å²) in [5, 5.41) is 11.0. The molecule has 0 N–H and O–H groups in total. The molecule has 0 unspecified atom stereocenters. The van der Waals surface area contributed by atoms with E-state index in [-0.39, 0.29) is 17.6 Å². The zero-order valence-corrected chi connectivity index (χ0v) is 14.6. The molecular formula is C20H22N2O3. The minimum atomic E-state index is -0.415. The standard InChI is InChI=1S/C20H22N2O3/c1-14(16-8-5-9-19(13-16)22(24)25)21(2)20(23)18-11-10-15-6-3-4-7-17(15)12-18/h5,8-14H,3-4,6-7H2,1-2H3/t14-/m1/s1. The van der Waals surface area contributed by atoms with Gasteiger partial charge in [-0.15, -0.1) is 0 Å². The van der Waals surface area contributed by atoms with E-state index in [1.165, 1.54) is 36.1 Å². The normalized spacial score (nSPS) is 14.5. The van der Waals surface area contributed by atoms with Crippen molar-refractivity contribution in [3.05, 3.63) is 74.8 Å². The van der Waals surface area contributed by atoms with E-state index in [1.54, 1.807) is 18.0 Å². The van der Waals surface area contributed by atoms with Crippen LogP contribution >= 0.6 is 0 Å². The summed E-state index contributed by atoms with van der Waals surface area (Å²) in [5.41, 5.74) is 4.09. The molecule has 0 aromatic heterocycles. The number of hydrogen-bond donors (Lipinski definition) is 0. The van der Waals surface area contributed by atoms with Crippen molar-refractivity contribution in [3.8, 4) is 0 Å². The molecule has 25 heavy (non-hydrogen) atoms. The third-order valence-electron chi connectivity index (χ3n) is 5.06. The lowest BCUT2D eigenvalue weighted by Gasteiger charge is -2.26. The van der Waals surface area contributed by atoms with Gasteiger partial charge in [-0.2, -0.15) is 0 Å². The quantitative estimate of drug-likeness (QED) is 0.616. The Morgan fingerprint density at radius 1 is 1.12 bits per heavy atom. The summed E-state index contributed by atoms with van der Waals surface area (Å²) < 4.78 is 0. The van der Waals surface area contributed by atoms with Crippen LogP contribution in [0.25, 0.3) is 0 Å². The highest BCUT2D eigenvalue weighted by Gasteiger charge is 2.21. The van der Waals surface area contributed by atoms with Crippen molar-refractivity contribution in [2.24, 2.45) is 0 Å². The van der Waals surface area contributed by atoms with Gasteiger partial charge >= 0.3 is 0 Å². The van der Waals surface area contributed by atoms with E-state index >= 15 is 0 Å². The van der Waals surface area contributed by atoms with Crippen molar-refractivity contribution in [2.45, 2.75) is 38.6 Å². The second kappa shape index (κ2) is 7.05. The number of aryl methyl sites for hydroxylation is 2. The van der Waals surface area contributed by atoms with Crippen LogP contribution in [0.4, 0.5) is 5.69 Å². The number of fused-ring (bicyclic) bond motifs is 1. The van der Waals surface area contributed by atoms with Crippen molar-refractivity contribution in [1.82, 2.24) is 4.90 Å². The minimum Gasteiger partial charge on any atom is -0.335 e. The molecule has 0 saturated heterocycles. The molecule has 1 aliphatic rings. The van der Waals surface area contributed by atoms with Crippen molar-refractivity contribution >= 4 is 11.6 Å². The number of amides is 1. The Kier molecular flexibility index (Phi) is 4.83. The molecule has 1 amide bonds. The Bertz CT molecular complexity index is 816. The van der Waals surface area contributed by atoms with Gasteiger partial charge in [-0.3, -0.25) is 14.9 Å². The third-order valence-corrected chi connectivity index (χ3v) is 5.06. The van der Waals surface area contributed by atoms with Crippen molar-refractivity contribution < 1.29 is 9.72 Å². The smallest absolute Gasteiger partial charge is 0.269 e. The van der Waals surface area contributed by atoms with Crippen LogP contribution < -0.4 is 0 Å². The van der Waals surface area contributed by atoms with Gasteiger partial charge in [0.25, 0.3) is 11.6 Å². The van der Waals surface area contributed by atoms with Gasteiger partial charge < -0.3 is 4.90 Å². The number of carbonyl (C=O) groups is 1. The lowest BCUT2D eigenvalue weighted by molar-refractivity contribution is -0.384. The molecule has 0 saturated carbocycles. The fraction of sp³-hybridized carbons (Fsp3) is 0.350. The Balaban J connectivity index is 1.82. The third kappa shape index (κ3) is 3.55. The minimum absolute atomic E-state index is 0.0407. The molecule has 0 spiro atoms. The highest BCUT2D eigenvalue weighted by Crippen LogP contribution is 2.26. The van der Waals surface area contributed by atoms with E-state index in [9.17, 15) is 14.9 Å². The molecule has 0 radical (unpaired) electrons. The number of benzene rings is 2. The first-order valence-corrected chi connectivity index (χ1v) is 8.60. The Labute approximate surface area is 147 Å². The first-order chi connectivity index (χ1) is 12.0. The zero-order chi connectivity index (χ0) is 18.0. The van der Waals surface area contributed by atoms with Gasteiger partial charge in [0.05, 0.1) is 11.0 Å². The number of nitro benzene ring substituents is 1. The highest BCUT2D eigenvalue weighted by molar-refractivity contribution is 5.94. The Hall–Kier alpha value is -2.69. The van der Waals surface area contributed by atoms with Crippen LogP contribution in [0.3, 0.4) is 0 Å². The number of rotatable bonds is 4. The van der Waals surface area contributed by atoms with Gasteiger partial charge in [0.2, 0.25) is 0 Å². The maximum absolute atomic E-state index is 12.9. The van der Waals surface area contributed by atoms with Crippen LogP contribution in [0.2, 0.25) is 0 Å². The van der Waals surface area contributed by atoms with Crippen LogP contribution in [0.1, 0.15) is 52.9 Å². The fourth-order valence-electron chi connectivity index (χ4n) is 3.37. The number of hydrogen-bond acceptors (Lipinski definition) is 3. The fourth-order valence-corrected chi connectivity index (χ4v) is 3.37. The summed E-state index contributed by atoms with van der Waals surface area (Å²) in [7, 11) is 1.74. The maximum Gasteiger partial charge on any atom is 0.269 e. The highest BCUT2D eigenvalue weighted by atomic mass is 16.6. The van der Waals surface area contributed by atoms with Crippen LogP contribution in [0.15, 0.2) is 42.5 Å². The lowest BCUT2D eigenvalue weighted by atomic mass is 9.90. The Morgan fingerprint density at radius 2 is 1.84 bits per heavy atom. The molecule has 2 aromatic rings. The van der Waals surface area contributed by atoms with E-state index in [0.29, 0.717) is 5.56 Å². The predicted molar refractivity (Wildman–Crippen MR) is 96.7 cm³/mol. The number of nitro groups is 1. The van der Waals surface area contributed by atoms with E-state index in [1.807, 2.05) is 25.1 Å². The molecule has 0 fully saturated rings. The summed E-state index contributed by atoms with van der Waals surface area (Å²) in [6.45, 7) is 1.88. The van der Waals surface area contributed by atoms with E-state index in [0.717, 1.165) is 18.4 Å². The average Bonchev–Trinajstić information content (AvgIpc) is 2.65. The molecular weight excluding hydrogens is 316 g/mol. The molecule has 5 heteroatoms. The van der Waals surface area contributed by atoms with Crippen LogP contribution in [-0.4, -0.2) is 22.8 Å². The second-order valence-electron chi connectivity index (χ2n) is 6.63. The van der Waals surface area contributed by atoms with Gasteiger partial charge in [0.1, 0.15) is 0 Å². The summed E-state index contributed by atoms with van der Waals surface area (Å²) in [6.07, 6.45) is 4.50. The van der Waals surface area contributed by atoms with E-state index in [2.05, 4.69) is 6.07 Å². The summed E-state index contributed by atoms with van der Waals surface area (Å²) >= 11 is 0. The number of nitrogens with zero attached hydrogens (tertiary/aromatic N) is 2. The van der Waals surface area contributed by atoms with Gasteiger partial charge in [0.15, 0.2) is 0 Å². The Morgan fingerprint density at radius 3 is 2.56 bits per heavy atom. The van der Waals surface area contributed by atoms with Crippen LogP contribution in [0, 0.1) is 10.1 Å². The second-order valence-corrected chi connectivity index (χ2v) is 6.63. The summed E-state index contributed by atoms with van der Waals surface area (Å²) in [6, 6.07) is 12.2. The topological polar surface area (TPSA) is 63.5 Å². The zero-order valence-electron chi connectivity index (χ0n) is 14.6. The number of carbonyl (C=O) groups excluding carboxylic acids is 1. The van der Waals surface area contributed by atoms with E-state index in [4.69, 9.17) is 0 Å². The number of non-ortho nitro benzene ring substituents is 1. The summed E-state index contributed by atoms with van der Waals surface area (Å²) in [4.78, 5) is 25.0. The van der Waals surface area contributed by atoms with Crippen molar-refractivity contribution in [3.63, 3.8) is 0 Å². The van der Waals surface area contributed by atoms with Crippen LogP contribution in [0.5, 0.6) is 0 Å². The molecule has 1 atom stereocenters. The first-order valence-electron chi connectivity index (χ1n) is 8.60. The molecule has 5 nitrogen and oxygen atoms in total. The molecule has 0 heterocycles. The van der Waals surface area contributed by atoms with Gasteiger partial charge in [0, 0.05) is 24.7 Å². The average molecular weight is 338 g/mol. The van der Waals surface area contributed by atoms with Gasteiger partial charge in [-0.1, -0.05) is 18.2 Å². The molecule has 3 rings (SSSR count). The maximum atomic E-state index is 12.9. The molecule has 2 aromatic carbocycles. The van der Waals surface area contributed by atoms with Crippen molar-refractivity contribution in [1.29, 1.82) is 0 Å². The molecule has 130 valence electrons. The lowest BCUT2D eigenvalue weighted by Crippen LogP contribution is -2.30. The van der Waals surface area contributed by atoms with E-state index < -0.39 is 4.92 Å². The van der Waals surface area contributed by atoms with Crippen LogP contribution in [-0.2, 0) is 12.8 Å². The largest absolute Gasteiger partial charge is 0.335 e. The monoisotopic (exact) mass is 338 g/mol. The predicted octanol–water partition coefficient (Wildman–Crippen LogP) is 4.31. The molecule has 0 bridgehead atoms. The first kappa shape index (κ1) is 17.1.